The average Bonchev–Trinajstić information content (AvgIpc) is 2.56. The molecule has 0 bridgehead atoms. The van der Waals surface area contributed by atoms with Gasteiger partial charge in [-0.3, -0.25) is 4.79 Å². The number of ether oxygens (including phenoxy) is 1. The Morgan fingerprint density at radius 2 is 1.84 bits per heavy atom. The van der Waals surface area contributed by atoms with E-state index in [1.165, 1.54) is 19.2 Å². The van der Waals surface area contributed by atoms with Crippen LogP contribution < -0.4 is 5.32 Å². The molecule has 1 aromatic carbocycles. The summed E-state index contributed by atoms with van der Waals surface area (Å²) in [5.41, 5.74) is 0.817. The summed E-state index contributed by atoms with van der Waals surface area (Å²) in [5, 5.41) is 3.47. The van der Waals surface area contributed by atoms with Crippen LogP contribution in [0.25, 0.3) is 6.08 Å². The molecule has 0 spiro atoms. The molecule has 0 unspecified atom stereocenters. The van der Waals surface area contributed by atoms with E-state index in [9.17, 15) is 9.59 Å². The van der Waals surface area contributed by atoms with E-state index in [4.69, 9.17) is 39.5 Å². The predicted octanol–water partition coefficient (Wildman–Crippen LogP) is 4.63. The third-order valence-electron chi connectivity index (χ3n) is 3.06. The highest BCUT2D eigenvalue weighted by atomic mass is 35.5. The zero-order valence-electron chi connectivity index (χ0n) is 13.0. The Hall–Kier alpha value is -2.08. The molecule has 8 heteroatoms. The summed E-state index contributed by atoms with van der Waals surface area (Å²) in [7, 11) is 0. The molecule has 1 amide bonds. The summed E-state index contributed by atoms with van der Waals surface area (Å²) in [6, 6.07) is 8.18. The van der Waals surface area contributed by atoms with E-state index in [1.807, 2.05) is 0 Å². The van der Waals surface area contributed by atoms with E-state index in [1.54, 1.807) is 30.3 Å². The number of pyridine rings is 1. The summed E-state index contributed by atoms with van der Waals surface area (Å²) in [6.45, 7) is 1.44. The largest absolute Gasteiger partial charge is 0.449 e. The number of carbonyl (C=O) groups is 2. The maximum Gasteiger partial charge on any atom is 0.331 e. The number of nitrogens with zero attached hydrogens (tertiary/aromatic N) is 1. The molecule has 1 N–H and O–H groups in total. The number of nitrogens with one attached hydrogen (secondary N) is 1. The van der Waals surface area contributed by atoms with Crippen LogP contribution in [0, 0.1) is 0 Å². The Morgan fingerprint density at radius 3 is 2.48 bits per heavy atom. The Kier molecular flexibility index (Phi) is 6.82. The molecular formula is C17H13Cl3N2O3. The maximum absolute atomic E-state index is 12.0. The highest BCUT2D eigenvalue weighted by molar-refractivity contribution is 6.37. The van der Waals surface area contributed by atoms with E-state index in [0.29, 0.717) is 21.3 Å². The van der Waals surface area contributed by atoms with Gasteiger partial charge in [0.1, 0.15) is 0 Å². The van der Waals surface area contributed by atoms with E-state index in [0.717, 1.165) is 6.08 Å². The van der Waals surface area contributed by atoms with Crippen LogP contribution in [-0.2, 0) is 14.3 Å². The minimum atomic E-state index is -1.03. The normalized spacial score (nSPS) is 12.0. The molecule has 0 aliphatic rings. The molecule has 0 radical (unpaired) electrons. The van der Waals surface area contributed by atoms with Gasteiger partial charge in [0, 0.05) is 27.9 Å². The zero-order valence-corrected chi connectivity index (χ0v) is 15.3. The third kappa shape index (κ3) is 5.46. The van der Waals surface area contributed by atoms with Gasteiger partial charge in [-0.1, -0.05) is 40.9 Å². The second kappa shape index (κ2) is 8.85. The Bertz CT molecular complexity index is 804. The second-order valence-corrected chi connectivity index (χ2v) is 6.05. The van der Waals surface area contributed by atoms with Crippen LogP contribution in [0.1, 0.15) is 12.5 Å². The lowest BCUT2D eigenvalue weighted by Crippen LogP contribution is -2.29. The molecule has 1 atom stereocenters. The van der Waals surface area contributed by atoms with Crippen molar-refractivity contribution in [3.8, 4) is 0 Å². The van der Waals surface area contributed by atoms with Gasteiger partial charge in [0.2, 0.25) is 0 Å². The van der Waals surface area contributed by atoms with Crippen LogP contribution in [0.2, 0.25) is 15.2 Å². The first-order chi connectivity index (χ1) is 11.9. The number of hydrogen-bond donors (Lipinski definition) is 1. The highest BCUT2D eigenvalue weighted by Gasteiger charge is 2.18. The van der Waals surface area contributed by atoms with E-state index in [2.05, 4.69) is 10.3 Å². The van der Waals surface area contributed by atoms with Crippen LogP contribution in [0.15, 0.2) is 42.6 Å². The number of hydrogen-bond acceptors (Lipinski definition) is 4. The monoisotopic (exact) mass is 398 g/mol. The van der Waals surface area contributed by atoms with Crippen LogP contribution in [-0.4, -0.2) is 23.0 Å². The molecule has 2 aromatic rings. The van der Waals surface area contributed by atoms with Crippen molar-refractivity contribution in [3.63, 3.8) is 0 Å². The van der Waals surface area contributed by atoms with Gasteiger partial charge in [-0.05, 0) is 37.3 Å². The predicted molar refractivity (Wildman–Crippen MR) is 98.9 cm³/mol. The summed E-state index contributed by atoms with van der Waals surface area (Å²) in [6.07, 6.45) is 3.03. The molecule has 0 saturated carbocycles. The highest BCUT2D eigenvalue weighted by Crippen LogP contribution is 2.25. The molecular weight excluding hydrogens is 387 g/mol. The first-order valence-corrected chi connectivity index (χ1v) is 8.26. The number of carbonyl (C=O) groups excluding carboxylic acids is 2. The van der Waals surface area contributed by atoms with E-state index in [-0.39, 0.29) is 5.15 Å². The van der Waals surface area contributed by atoms with Crippen LogP contribution in [0.5, 0.6) is 0 Å². The van der Waals surface area contributed by atoms with Gasteiger partial charge in [0.15, 0.2) is 11.3 Å². The van der Waals surface area contributed by atoms with Crippen molar-refractivity contribution < 1.29 is 14.3 Å². The molecule has 2 rings (SSSR count). The number of halogens is 3. The van der Waals surface area contributed by atoms with Crippen molar-refractivity contribution in [2.75, 3.05) is 5.32 Å². The van der Waals surface area contributed by atoms with Crippen LogP contribution in [0.3, 0.4) is 0 Å². The first-order valence-electron chi connectivity index (χ1n) is 7.12. The van der Waals surface area contributed by atoms with Gasteiger partial charge in [0.05, 0.1) is 5.69 Å². The lowest BCUT2D eigenvalue weighted by atomic mass is 10.2. The second-order valence-electron chi connectivity index (χ2n) is 4.88. The molecule has 25 heavy (non-hydrogen) atoms. The number of amides is 1. The molecule has 0 aliphatic heterocycles. The fraction of sp³-hybridized carbons (Fsp3) is 0.118. The van der Waals surface area contributed by atoms with Gasteiger partial charge >= 0.3 is 5.97 Å². The van der Waals surface area contributed by atoms with Crippen molar-refractivity contribution in [1.29, 1.82) is 0 Å². The van der Waals surface area contributed by atoms with Gasteiger partial charge in [0.25, 0.3) is 5.91 Å². The van der Waals surface area contributed by atoms with E-state index < -0.39 is 18.0 Å². The molecule has 0 saturated heterocycles. The Morgan fingerprint density at radius 1 is 1.16 bits per heavy atom. The van der Waals surface area contributed by atoms with E-state index >= 15 is 0 Å². The summed E-state index contributed by atoms with van der Waals surface area (Å²) >= 11 is 17.9. The van der Waals surface area contributed by atoms with Crippen molar-refractivity contribution >= 4 is 58.4 Å². The molecule has 0 aliphatic carbocycles. The third-order valence-corrected chi connectivity index (χ3v) is 4.03. The molecule has 0 fully saturated rings. The molecule has 1 aromatic heterocycles. The molecule has 1 heterocycles. The van der Waals surface area contributed by atoms with Crippen LogP contribution in [0.4, 0.5) is 5.69 Å². The smallest absolute Gasteiger partial charge is 0.331 e. The van der Waals surface area contributed by atoms with Gasteiger partial charge in [-0.15, -0.1) is 0 Å². The van der Waals surface area contributed by atoms with Crippen molar-refractivity contribution in [1.82, 2.24) is 4.98 Å². The average molecular weight is 400 g/mol. The minimum Gasteiger partial charge on any atom is -0.449 e. The lowest BCUT2D eigenvalue weighted by molar-refractivity contribution is -0.148. The number of aromatic nitrogens is 1. The van der Waals surface area contributed by atoms with Gasteiger partial charge in [-0.2, -0.15) is 0 Å². The van der Waals surface area contributed by atoms with Crippen molar-refractivity contribution in [2.24, 2.45) is 0 Å². The number of benzene rings is 1. The number of rotatable bonds is 5. The van der Waals surface area contributed by atoms with Gasteiger partial charge < -0.3 is 10.1 Å². The Balaban J connectivity index is 1.97. The quantitative estimate of drug-likeness (QED) is 0.452. The first kappa shape index (κ1) is 19.2. The van der Waals surface area contributed by atoms with Crippen molar-refractivity contribution in [2.45, 2.75) is 13.0 Å². The molecule has 130 valence electrons. The molecule has 5 nitrogen and oxygen atoms in total. The fourth-order valence-electron chi connectivity index (χ4n) is 1.80. The van der Waals surface area contributed by atoms with Crippen molar-refractivity contribution in [3.05, 3.63) is 63.4 Å². The SMILES string of the molecule is C[C@H](OC(=O)/C=C/c1c(Cl)cccc1Cl)C(=O)Nc1cccnc1Cl. The number of anilines is 1. The number of esters is 1. The summed E-state index contributed by atoms with van der Waals surface area (Å²) in [4.78, 5) is 27.7. The van der Waals surface area contributed by atoms with Gasteiger partial charge in [-0.25, -0.2) is 9.78 Å². The lowest BCUT2D eigenvalue weighted by Gasteiger charge is -2.12. The maximum atomic E-state index is 12.0. The zero-order chi connectivity index (χ0) is 18.4. The fourth-order valence-corrected chi connectivity index (χ4v) is 2.49. The standard InChI is InChI=1S/C17H13Cl3N2O3/c1-10(17(24)22-14-6-3-9-21-16(14)20)25-15(23)8-7-11-12(18)4-2-5-13(11)19/h2-10H,1H3,(H,22,24)/b8-7+/t10-/m0/s1. The van der Waals surface area contributed by atoms with Crippen LogP contribution >= 0.6 is 34.8 Å². The minimum absolute atomic E-state index is 0.141. The Labute approximate surface area is 159 Å². The summed E-state index contributed by atoms with van der Waals surface area (Å²) in [5.74, 6) is -1.25. The topological polar surface area (TPSA) is 68.3 Å². The summed E-state index contributed by atoms with van der Waals surface area (Å²) < 4.78 is 5.04.